The predicted molar refractivity (Wildman–Crippen MR) is 80.9 cm³/mol. The standard InChI is InChI=1S/C14H18N4O.ClH/c1-11(9-15)14(19)16-10-12-7-8-18(17-12)13-5-3-2-4-6-13;/h2-8,11H,9-10,15H2,1H3,(H,16,19);1H. The average Bonchev–Trinajstić information content (AvgIpc) is 2.93. The van der Waals surface area contributed by atoms with Gasteiger partial charge in [0.1, 0.15) is 0 Å². The number of hydrogen-bond donors (Lipinski definition) is 2. The lowest BCUT2D eigenvalue weighted by atomic mass is 10.2. The zero-order valence-corrected chi connectivity index (χ0v) is 12.1. The number of nitrogens with zero attached hydrogens (tertiary/aromatic N) is 2. The SMILES string of the molecule is CC(CN)C(=O)NCc1ccn(-c2ccccc2)n1.Cl. The summed E-state index contributed by atoms with van der Waals surface area (Å²) < 4.78 is 1.79. The van der Waals surface area contributed by atoms with Crippen molar-refractivity contribution in [2.45, 2.75) is 13.5 Å². The van der Waals surface area contributed by atoms with Crippen LogP contribution in [0.3, 0.4) is 0 Å². The summed E-state index contributed by atoms with van der Waals surface area (Å²) in [6.07, 6.45) is 1.88. The Bertz CT molecular complexity index is 541. The van der Waals surface area contributed by atoms with Gasteiger partial charge in [0.25, 0.3) is 0 Å². The van der Waals surface area contributed by atoms with E-state index in [9.17, 15) is 4.79 Å². The monoisotopic (exact) mass is 294 g/mol. The molecule has 1 atom stereocenters. The highest BCUT2D eigenvalue weighted by molar-refractivity contribution is 5.85. The van der Waals surface area contributed by atoms with Crippen LogP contribution in [0.1, 0.15) is 12.6 Å². The van der Waals surface area contributed by atoms with Gasteiger partial charge in [-0.3, -0.25) is 4.79 Å². The maximum atomic E-state index is 11.6. The summed E-state index contributed by atoms with van der Waals surface area (Å²) in [6, 6.07) is 11.7. The van der Waals surface area contributed by atoms with Crippen molar-refractivity contribution in [3.05, 3.63) is 48.3 Å². The van der Waals surface area contributed by atoms with Crippen LogP contribution in [0.15, 0.2) is 42.6 Å². The molecule has 2 rings (SSSR count). The third kappa shape index (κ3) is 4.08. The van der Waals surface area contributed by atoms with Crippen LogP contribution in [-0.4, -0.2) is 22.2 Å². The molecule has 0 bridgehead atoms. The second kappa shape index (κ2) is 7.67. The number of halogens is 1. The van der Waals surface area contributed by atoms with Gasteiger partial charge in [0, 0.05) is 18.7 Å². The highest BCUT2D eigenvalue weighted by atomic mass is 35.5. The van der Waals surface area contributed by atoms with Gasteiger partial charge in [-0.25, -0.2) is 4.68 Å². The van der Waals surface area contributed by atoms with Crippen LogP contribution in [0.2, 0.25) is 0 Å². The molecule has 0 saturated carbocycles. The molecule has 0 aliphatic rings. The molecule has 0 spiro atoms. The quantitative estimate of drug-likeness (QED) is 0.878. The van der Waals surface area contributed by atoms with Crippen molar-refractivity contribution in [3.63, 3.8) is 0 Å². The Morgan fingerprint density at radius 3 is 2.70 bits per heavy atom. The third-order valence-corrected chi connectivity index (χ3v) is 2.91. The van der Waals surface area contributed by atoms with Crippen molar-refractivity contribution in [3.8, 4) is 5.69 Å². The summed E-state index contributed by atoms with van der Waals surface area (Å²) in [5.74, 6) is -0.215. The van der Waals surface area contributed by atoms with Crippen molar-refractivity contribution in [1.29, 1.82) is 0 Å². The first-order valence-corrected chi connectivity index (χ1v) is 6.28. The van der Waals surface area contributed by atoms with Crippen LogP contribution in [-0.2, 0) is 11.3 Å². The van der Waals surface area contributed by atoms with Gasteiger partial charge in [0.15, 0.2) is 0 Å². The Morgan fingerprint density at radius 2 is 2.05 bits per heavy atom. The smallest absolute Gasteiger partial charge is 0.224 e. The second-order valence-electron chi connectivity index (χ2n) is 4.44. The number of amides is 1. The van der Waals surface area contributed by atoms with Gasteiger partial charge in [-0.05, 0) is 18.2 Å². The predicted octanol–water partition coefficient (Wildman–Crippen LogP) is 1.51. The van der Waals surface area contributed by atoms with Crippen LogP contribution < -0.4 is 11.1 Å². The lowest BCUT2D eigenvalue weighted by Crippen LogP contribution is -2.32. The van der Waals surface area contributed by atoms with Gasteiger partial charge >= 0.3 is 0 Å². The Kier molecular flexibility index (Phi) is 6.21. The molecule has 6 heteroatoms. The van der Waals surface area contributed by atoms with E-state index in [-0.39, 0.29) is 24.2 Å². The maximum absolute atomic E-state index is 11.6. The Labute approximate surface area is 124 Å². The van der Waals surface area contributed by atoms with E-state index in [0.29, 0.717) is 13.1 Å². The summed E-state index contributed by atoms with van der Waals surface area (Å²) in [7, 11) is 0. The van der Waals surface area contributed by atoms with E-state index in [0.717, 1.165) is 11.4 Å². The molecule has 5 nitrogen and oxygen atoms in total. The first-order chi connectivity index (χ1) is 9.20. The van der Waals surface area contributed by atoms with Gasteiger partial charge in [-0.1, -0.05) is 25.1 Å². The minimum Gasteiger partial charge on any atom is -0.350 e. The van der Waals surface area contributed by atoms with E-state index in [1.165, 1.54) is 0 Å². The Hall–Kier alpha value is -1.85. The summed E-state index contributed by atoms with van der Waals surface area (Å²) in [4.78, 5) is 11.6. The zero-order valence-electron chi connectivity index (χ0n) is 11.3. The number of rotatable bonds is 5. The summed E-state index contributed by atoms with van der Waals surface area (Å²) in [5.41, 5.74) is 7.26. The fraction of sp³-hybridized carbons (Fsp3) is 0.286. The van der Waals surface area contributed by atoms with E-state index in [2.05, 4.69) is 10.4 Å². The molecular formula is C14H19ClN4O. The minimum atomic E-state index is -0.170. The Balaban J connectivity index is 0.00000200. The van der Waals surface area contributed by atoms with Crippen molar-refractivity contribution < 1.29 is 4.79 Å². The topological polar surface area (TPSA) is 72.9 Å². The normalized spacial score (nSPS) is 11.5. The summed E-state index contributed by atoms with van der Waals surface area (Å²) >= 11 is 0. The van der Waals surface area contributed by atoms with E-state index >= 15 is 0 Å². The summed E-state index contributed by atoms with van der Waals surface area (Å²) in [5, 5.41) is 7.23. The number of carbonyl (C=O) groups excluding carboxylic acids is 1. The molecule has 3 N–H and O–H groups in total. The van der Waals surface area contributed by atoms with Crippen LogP contribution >= 0.6 is 12.4 Å². The molecule has 1 aromatic heterocycles. The fourth-order valence-corrected chi connectivity index (χ4v) is 1.64. The largest absolute Gasteiger partial charge is 0.350 e. The molecule has 2 aromatic rings. The molecular weight excluding hydrogens is 276 g/mol. The molecule has 0 saturated heterocycles. The highest BCUT2D eigenvalue weighted by Crippen LogP contribution is 2.06. The molecule has 20 heavy (non-hydrogen) atoms. The number of aromatic nitrogens is 2. The molecule has 1 unspecified atom stereocenters. The van der Waals surface area contributed by atoms with Crippen LogP contribution in [0.4, 0.5) is 0 Å². The second-order valence-corrected chi connectivity index (χ2v) is 4.44. The van der Waals surface area contributed by atoms with Gasteiger partial charge < -0.3 is 11.1 Å². The van der Waals surface area contributed by atoms with Crippen molar-refractivity contribution >= 4 is 18.3 Å². The third-order valence-electron chi connectivity index (χ3n) is 2.91. The molecule has 0 radical (unpaired) electrons. The Morgan fingerprint density at radius 1 is 1.35 bits per heavy atom. The maximum Gasteiger partial charge on any atom is 0.224 e. The molecule has 1 aromatic carbocycles. The molecule has 1 heterocycles. The number of hydrogen-bond acceptors (Lipinski definition) is 3. The highest BCUT2D eigenvalue weighted by Gasteiger charge is 2.10. The van der Waals surface area contributed by atoms with Crippen molar-refractivity contribution in [2.75, 3.05) is 6.54 Å². The van der Waals surface area contributed by atoms with E-state index in [1.807, 2.05) is 42.6 Å². The minimum absolute atomic E-state index is 0. The lowest BCUT2D eigenvalue weighted by Gasteiger charge is -2.08. The first kappa shape index (κ1) is 16.2. The van der Waals surface area contributed by atoms with E-state index < -0.39 is 0 Å². The number of para-hydroxylation sites is 1. The first-order valence-electron chi connectivity index (χ1n) is 6.28. The molecule has 0 fully saturated rings. The van der Waals surface area contributed by atoms with Gasteiger partial charge in [0.2, 0.25) is 5.91 Å². The number of nitrogens with one attached hydrogen (secondary N) is 1. The average molecular weight is 295 g/mol. The fourth-order valence-electron chi connectivity index (χ4n) is 1.64. The van der Waals surface area contributed by atoms with Crippen LogP contribution in [0.25, 0.3) is 5.69 Å². The van der Waals surface area contributed by atoms with Crippen molar-refractivity contribution in [2.24, 2.45) is 11.7 Å². The molecule has 0 aliphatic carbocycles. The number of nitrogens with two attached hydrogens (primary N) is 1. The molecule has 108 valence electrons. The number of carbonyl (C=O) groups is 1. The molecule has 0 aliphatic heterocycles. The number of benzene rings is 1. The molecule has 1 amide bonds. The van der Waals surface area contributed by atoms with Crippen LogP contribution in [0, 0.1) is 5.92 Å². The summed E-state index contributed by atoms with van der Waals surface area (Å²) in [6.45, 7) is 2.57. The zero-order chi connectivity index (χ0) is 13.7. The van der Waals surface area contributed by atoms with Crippen LogP contribution in [0.5, 0.6) is 0 Å². The van der Waals surface area contributed by atoms with E-state index in [4.69, 9.17) is 5.73 Å². The lowest BCUT2D eigenvalue weighted by molar-refractivity contribution is -0.124. The van der Waals surface area contributed by atoms with E-state index in [1.54, 1.807) is 11.6 Å². The van der Waals surface area contributed by atoms with Gasteiger partial charge in [0.05, 0.1) is 17.9 Å². The van der Waals surface area contributed by atoms with Gasteiger partial charge in [-0.2, -0.15) is 5.10 Å². The van der Waals surface area contributed by atoms with Gasteiger partial charge in [-0.15, -0.1) is 12.4 Å². The van der Waals surface area contributed by atoms with Crippen molar-refractivity contribution in [1.82, 2.24) is 15.1 Å².